The van der Waals surface area contributed by atoms with E-state index in [9.17, 15) is 0 Å². The van der Waals surface area contributed by atoms with Crippen LogP contribution >= 0.6 is 0 Å². The molecule has 0 unspecified atom stereocenters. The first kappa shape index (κ1) is 17.3. The Balaban J connectivity index is 1.67. The fourth-order valence-electron chi connectivity index (χ4n) is 3.14. The molecule has 0 bridgehead atoms. The molecule has 3 rings (SSSR count). The molecule has 7 nitrogen and oxygen atoms in total. The summed E-state index contributed by atoms with van der Waals surface area (Å²) in [5, 5.41) is 7.49. The molecule has 1 atom stereocenters. The van der Waals surface area contributed by atoms with Crippen LogP contribution in [-0.2, 0) is 13.6 Å². The number of rotatable bonds is 5. The molecule has 7 heteroatoms. The summed E-state index contributed by atoms with van der Waals surface area (Å²) in [5.74, 6) is 3.23. The number of aliphatic imine (C=N–C) groups is 1. The summed E-state index contributed by atoms with van der Waals surface area (Å²) in [6, 6.07) is 8.39. The Hall–Kier alpha value is -2.57. The smallest absolute Gasteiger partial charge is 0.194 e. The summed E-state index contributed by atoms with van der Waals surface area (Å²) in [6.45, 7) is 5.44. The summed E-state index contributed by atoms with van der Waals surface area (Å²) < 4.78 is 7.01. The zero-order valence-electron chi connectivity index (χ0n) is 15.1. The Morgan fingerprint density at radius 1 is 1.36 bits per heavy atom. The molecule has 1 fully saturated rings. The molecular weight excluding hydrogens is 316 g/mol. The standard InChI is InChI=1S/C18H26N6O/c1-4-19-18(20-11-17-21-13-22-23(17)2)24-10-9-15(12-24)14-5-7-16(25-3)8-6-14/h5-8,13,15H,4,9-12H2,1-3H3,(H,19,20)/t15-/m0/s1. The van der Waals surface area contributed by atoms with Crippen LogP contribution in [0.4, 0.5) is 0 Å². The van der Waals surface area contributed by atoms with Gasteiger partial charge in [-0.3, -0.25) is 4.68 Å². The highest BCUT2D eigenvalue weighted by molar-refractivity contribution is 5.80. The SMILES string of the molecule is CCNC(=NCc1ncnn1C)N1CC[C@H](c2ccc(OC)cc2)C1. The number of benzene rings is 1. The van der Waals surface area contributed by atoms with Gasteiger partial charge in [0.25, 0.3) is 0 Å². The third-order valence-corrected chi connectivity index (χ3v) is 4.59. The van der Waals surface area contributed by atoms with Gasteiger partial charge in [-0.05, 0) is 31.0 Å². The maximum atomic E-state index is 5.25. The molecule has 0 radical (unpaired) electrons. The van der Waals surface area contributed by atoms with Crippen molar-refractivity contribution < 1.29 is 4.74 Å². The van der Waals surface area contributed by atoms with Crippen LogP contribution in [0.3, 0.4) is 0 Å². The van der Waals surface area contributed by atoms with Gasteiger partial charge in [-0.1, -0.05) is 12.1 Å². The molecule has 1 aliphatic heterocycles. The van der Waals surface area contributed by atoms with Crippen molar-refractivity contribution in [2.75, 3.05) is 26.7 Å². The van der Waals surface area contributed by atoms with Crippen molar-refractivity contribution in [2.24, 2.45) is 12.0 Å². The van der Waals surface area contributed by atoms with Gasteiger partial charge in [-0.25, -0.2) is 9.98 Å². The molecule has 0 amide bonds. The molecule has 1 aliphatic rings. The predicted molar refractivity (Wildman–Crippen MR) is 97.7 cm³/mol. The van der Waals surface area contributed by atoms with E-state index in [2.05, 4.69) is 39.4 Å². The number of aromatic nitrogens is 3. The highest BCUT2D eigenvalue weighted by atomic mass is 16.5. The number of hydrogen-bond acceptors (Lipinski definition) is 4. The highest BCUT2D eigenvalue weighted by Gasteiger charge is 2.26. The average Bonchev–Trinajstić information content (AvgIpc) is 3.28. The number of aryl methyl sites for hydroxylation is 1. The van der Waals surface area contributed by atoms with E-state index in [1.54, 1.807) is 18.1 Å². The van der Waals surface area contributed by atoms with Crippen molar-refractivity contribution in [1.29, 1.82) is 0 Å². The van der Waals surface area contributed by atoms with E-state index >= 15 is 0 Å². The highest BCUT2D eigenvalue weighted by Crippen LogP contribution is 2.28. The van der Waals surface area contributed by atoms with Crippen LogP contribution in [0.25, 0.3) is 0 Å². The van der Waals surface area contributed by atoms with E-state index in [4.69, 9.17) is 9.73 Å². The molecule has 0 aliphatic carbocycles. The number of methoxy groups -OCH3 is 1. The number of likely N-dealkylation sites (tertiary alicyclic amines) is 1. The summed E-state index contributed by atoms with van der Waals surface area (Å²) >= 11 is 0. The molecular formula is C18H26N6O. The van der Waals surface area contributed by atoms with E-state index < -0.39 is 0 Å². The largest absolute Gasteiger partial charge is 0.497 e. The molecule has 0 spiro atoms. The minimum Gasteiger partial charge on any atom is -0.497 e. The van der Waals surface area contributed by atoms with Crippen molar-refractivity contribution in [1.82, 2.24) is 25.0 Å². The fourth-order valence-corrected chi connectivity index (χ4v) is 3.14. The van der Waals surface area contributed by atoms with Crippen LogP contribution in [0.15, 0.2) is 35.6 Å². The lowest BCUT2D eigenvalue weighted by atomic mass is 9.98. The van der Waals surface area contributed by atoms with Crippen LogP contribution < -0.4 is 10.1 Å². The molecule has 0 saturated carbocycles. The number of guanidine groups is 1. The minimum atomic E-state index is 0.518. The molecule has 1 N–H and O–H groups in total. The second-order valence-corrected chi connectivity index (χ2v) is 6.17. The zero-order chi connectivity index (χ0) is 17.6. The molecule has 25 heavy (non-hydrogen) atoms. The maximum Gasteiger partial charge on any atom is 0.194 e. The van der Waals surface area contributed by atoms with Gasteiger partial charge in [0, 0.05) is 32.6 Å². The predicted octanol–water partition coefficient (Wildman–Crippen LogP) is 1.78. The average molecular weight is 342 g/mol. The normalized spacial score (nSPS) is 17.8. The Morgan fingerprint density at radius 2 is 2.16 bits per heavy atom. The van der Waals surface area contributed by atoms with Crippen molar-refractivity contribution in [3.8, 4) is 5.75 Å². The van der Waals surface area contributed by atoms with Crippen LogP contribution in [0.2, 0.25) is 0 Å². The number of nitrogens with zero attached hydrogens (tertiary/aromatic N) is 5. The third-order valence-electron chi connectivity index (χ3n) is 4.59. The zero-order valence-corrected chi connectivity index (χ0v) is 15.1. The first-order chi connectivity index (χ1) is 12.2. The minimum absolute atomic E-state index is 0.518. The van der Waals surface area contributed by atoms with E-state index in [-0.39, 0.29) is 0 Å². The quantitative estimate of drug-likeness (QED) is 0.663. The van der Waals surface area contributed by atoms with Gasteiger partial charge in [-0.2, -0.15) is 5.10 Å². The second kappa shape index (κ2) is 8.00. The van der Waals surface area contributed by atoms with E-state index in [0.717, 1.165) is 43.6 Å². The van der Waals surface area contributed by atoms with Crippen molar-refractivity contribution in [3.05, 3.63) is 42.0 Å². The maximum absolute atomic E-state index is 5.25. The van der Waals surface area contributed by atoms with E-state index in [1.807, 2.05) is 19.2 Å². The number of hydrogen-bond donors (Lipinski definition) is 1. The van der Waals surface area contributed by atoms with Gasteiger partial charge in [0.15, 0.2) is 5.96 Å². The Labute approximate surface area is 148 Å². The lowest BCUT2D eigenvalue weighted by molar-refractivity contribution is 0.414. The molecule has 1 saturated heterocycles. The van der Waals surface area contributed by atoms with Crippen LogP contribution in [0.5, 0.6) is 5.75 Å². The third kappa shape index (κ3) is 4.10. The van der Waals surface area contributed by atoms with E-state index in [0.29, 0.717) is 12.5 Å². The van der Waals surface area contributed by atoms with Crippen molar-refractivity contribution in [3.63, 3.8) is 0 Å². The first-order valence-electron chi connectivity index (χ1n) is 8.71. The van der Waals surface area contributed by atoms with Gasteiger partial charge >= 0.3 is 0 Å². The number of ether oxygens (including phenoxy) is 1. The lowest BCUT2D eigenvalue weighted by Gasteiger charge is -2.21. The molecule has 2 heterocycles. The Morgan fingerprint density at radius 3 is 2.80 bits per heavy atom. The summed E-state index contributed by atoms with van der Waals surface area (Å²) in [4.78, 5) is 11.3. The summed E-state index contributed by atoms with van der Waals surface area (Å²) in [7, 11) is 3.59. The molecule has 134 valence electrons. The van der Waals surface area contributed by atoms with Gasteiger partial charge in [0.1, 0.15) is 24.4 Å². The van der Waals surface area contributed by atoms with Gasteiger partial charge < -0.3 is 15.0 Å². The van der Waals surface area contributed by atoms with Crippen LogP contribution in [0, 0.1) is 0 Å². The van der Waals surface area contributed by atoms with Crippen LogP contribution in [-0.4, -0.2) is 52.4 Å². The fraction of sp³-hybridized carbons (Fsp3) is 0.500. The summed E-state index contributed by atoms with van der Waals surface area (Å²) in [6.07, 6.45) is 2.69. The molecule has 2 aromatic rings. The second-order valence-electron chi connectivity index (χ2n) is 6.17. The Bertz CT molecular complexity index is 709. The lowest BCUT2D eigenvalue weighted by Crippen LogP contribution is -2.40. The van der Waals surface area contributed by atoms with Crippen LogP contribution in [0.1, 0.15) is 30.7 Å². The van der Waals surface area contributed by atoms with Gasteiger partial charge in [0.2, 0.25) is 0 Å². The first-order valence-corrected chi connectivity index (χ1v) is 8.71. The monoisotopic (exact) mass is 342 g/mol. The topological polar surface area (TPSA) is 67.6 Å². The molecule has 1 aromatic heterocycles. The number of nitrogens with one attached hydrogen (secondary N) is 1. The van der Waals surface area contributed by atoms with Crippen molar-refractivity contribution >= 4 is 5.96 Å². The van der Waals surface area contributed by atoms with Gasteiger partial charge in [-0.15, -0.1) is 0 Å². The Kier molecular flexibility index (Phi) is 5.53. The van der Waals surface area contributed by atoms with Gasteiger partial charge in [0.05, 0.1) is 7.11 Å². The van der Waals surface area contributed by atoms with E-state index in [1.165, 1.54) is 5.56 Å². The van der Waals surface area contributed by atoms with Crippen molar-refractivity contribution in [2.45, 2.75) is 25.8 Å². The summed E-state index contributed by atoms with van der Waals surface area (Å²) in [5.41, 5.74) is 1.35. The molecule has 1 aromatic carbocycles.